The van der Waals surface area contributed by atoms with Gasteiger partial charge in [-0.25, -0.2) is 13.8 Å². The van der Waals surface area contributed by atoms with Crippen molar-refractivity contribution in [2.75, 3.05) is 6.54 Å². The number of fused-ring (bicyclic) bond motifs is 1. The summed E-state index contributed by atoms with van der Waals surface area (Å²) in [5.41, 5.74) is 0.634. The predicted octanol–water partition coefficient (Wildman–Crippen LogP) is 3.20. The van der Waals surface area contributed by atoms with Crippen LogP contribution in [0, 0.1) is 11.6 Å². The number of hydrogen-bond donors (Lipinski definition) is 1. The average molecular weight is 343 g/mol. The summed E-state index contributed by atoms with van der Waals surface area (Å²) < 4.78 is 28.1. The van der Waals surface area contributed by atoms with Gasteiger partial charge < -0.3 is 5.32 Å². The molecule has 0 radical (unpaired) electrons. The zero-order valence-electron chi connectivity index (χ0n) is 14.1. The lowest BCUT2D eigenvalue weighted by atomic mass is 9.94. The minimum absolute atomic E-state index is 0.0990. The summed E-state index contributed by atoms with van der Waals surface area (Å²) in [7, 11) is 0. The predicted molar refractivity (Wildman–Crippen MR) is 93.4 cm³/mol. The van der Waals surface area contributed by atoms with Gasteiger partial charge in [-0.3, -0.25) is 9.36 Å². The molecule has 130 valence electrons. The van der Waals surface area contributed by atoms with Gasteiger partial charge >= 0.3 is 0 Å². The summed E-state index contributed by atoms with van der Waals surface area (Å²) >= 11 is 0. The Labute approximate surface area is 144 Å². The number of halogens is 2. The number of nitrogens with zero attached hydrogens (tertiary/aromatic N) is 2. The highest BCUT2D eigenvalue weighted by Gasteiger charge is 2.21. The molecule has 1 aromatic heterocycles. The van der Waals surface area contributed by atoms with Crippen LogP contribution in [0.1, 0.15) is 19.4 Å². The summed E-state index contributed by atoms with van der Waals surface area (Å²) in [4.78, 5) is 16.7. The fraction of sp³-hybridized carbons (Fsp3) is 0.263. The molecule has 0 atom stereocenters. The lowest BCUT2D eigenvalue weighted by molar-refractivity contribution is 0.385. The van der Waals surface area contributed by atoms with Crippen LogP contribution >= 0.6 is 0 Å². The van der Waals surface area contributed by atoms with Crippen LogP contribution in [0.2, 0.25) is 0 Å². The number of aromatic nitrogens is 2. The van der Waals surface area contributed by atoms with Gasteiger partial charge in [0, 0.05) is 18.6 Å². The second kappa shape index (κ2) is 6.72. The van der Waals surface area contributed by atoms with E-state index in [1.165, 1.54) is 17.0 Å². The quantitative estimate of drug-likeness (QED) is 0.774. The molecule has 3 aromatic rings. The van der Waals surface area contributed by atoms with E-state index in [9.17, 15) is 13.6 Å². The number of para-hydroxylation sites is 1. The van der Waals surface area contributed by atoms with E-state index in [0.29, 0.717) is 29.6 Å². The van der Waals surface area contributed by atoms with Crippen LogP contribution in [0.25, 0.3) is 10.9 Å². The minimum atomic E-state index is -0.873. The first-order valence-electron chi connectivity index (χ1n) is 8.03. The van der Waals surface area contributed by atoms with Crippen molar-refractivity contribution >= 4 is 10.9 Å². The number of benzene rings is 2. The van der Waals surface area contributed by atoms with Crippen LogP contribution in [0.4, 0.5) is 8.78 Å². The SMILES string of the molecule is CC(C)(NCCn1cnc2ccccc2c1=O)c1ccc(F)c(F)c1. The summed E-state index contributed by atoms with van der Waals surface area (Å²) in [6.45, 7) is 4.65. The van der Waals surface area contributed by atoms with Gasteiger partial charge in [0.25, 0.3) is 5.56 Å². The maximum Gasteiger partial charge on any atom is 0.261 e. The molecule has 6 heteroatoms. The first kappa shape index (κ1) is 17.2. The van der Waals surface area contributed by atoms with Gasteiger partial charge in [-0.15, -0.1) is 0 Å². The zero-order chi connectivity index (χ0) is 18.0. The van der Waals surface area contributed by atoms with Crippen LogP contribution < -0.4 is 10.9 Å². The van der Waals surface area contributed by atoms with E-state index in [2.05, 4.69) is 10.3 Å². The Morgan fingerprint density at radius 3 is 2.64 bits per heavy atom. The Hall–Kier alpha value is -2.60. The monoisotopic (exact) mass is 343 g/mol. The summed E-state index contributed by atoms with van der Waals surface area (Å²) in [5.74, 6) is -1.74. The Balaban J connectivity index is 1.72. The highest BCUT2D eigenvalue weighted by Crippen LogP contribution is 2.21. The topological polar surface area (TPSA) is 46.9 Å². The molecule has 0 aliphatic heterocycles. The highest BCUT2D eigenvalue weighted by atomic mass is 19.2. The molecule has 3 rings (SSSR count). The van der Waals surface area contributed by atoms with Crippen molar-refractivity contribution in [3.8, 4) is 0 Å². The average Bonchev–Trinajstić information content (AvgIpc) is 2.59. The first-order chi connectivity index (χ1) is 11.9. The van der Waals surface area contributed by atoms with E-state index in [1.54, 1.807) is 24.3 Å². The van der Waals surface area contributed by atoms with Crippen molar-refractivity contribution in [2.45, 2.75) is 25.9 Å². The van der Waals surface area contributed by atoms with Crippen molar-refractivity contribution in [1.29, 1.82) is 0 Å². The molecule has 0 spiro atoms. The first-order valence-corrected chi connectivity index (χ1v) is 8.03. The molecule has 0 aliphatic rings. The van der Waals surface area contributed by atoms with Crippen LogP contribution in [-0.2, 0) is 12.1 Å². The van der Waals surface area contributed by atoms with Crippen molar-refractivity contribution in [2.24, 2.45) is 0 Å². The molecule has 0 unspecified atom stereocenters. The van der Waals surface area contributed by atoms with Gasteiger partial charge in [-0.05, 0) is 43.7 Å². The lowest BCUT2D eigenvalue weighted by Crippen LogP contribution is -2.39. The van der Waals surface area contributed by atoms with Crippen molar-refractivity contribution in [3.05, 3.63) is 76.3 Å². The molecule has 25 heavy (non-hydrogen) atoms. The second-order valence-corrected chi connectivity index (χ2v) is 6.44. The van der Waals surface area contributed by atoms with Crippen molar-refractivity contribution < 1.29 is 8.78 Å². The zero-order valence-corrected chi connectivity index (χ0v) is 14.1. The smallest absolute Gasteiger partial charge is 0.261 e. The van der Waals surface area contributed by atoms with E-state index < -0.39 is 17.2 Å². The maximum absolute atomic E-state index is 13.4. The van der Waals surface area contributed by atoms with Gasteiger partial charge in [0.05, 0.1) is 17.2 Å². The number of hydrogen-bond acceptors (Lipinski definition) is 3. The van der Waals surface area contributed by atoms with Crippen molar-refractivity contribution in [1.82, 2.24) is 14.9 Å². The molecule has 1 N–H and O–H groups in total. The maximum atomic E-state index is 13.4. The van der Waals surface area contributed by atoms with Gasteiger partial charge in [-0.1, -0.05) is 18.2 Å². The minimum Gasteiger partial charge on any atom is -0.306 e. The van der Waals surface area contributed by atoms with E-state index in [0.717, 1.165) is 6.07 Å². The Kier molecular flexibility index (Phi) is 4.63. The molecular formula is C19H19F2N3O. The third kappa shape index (κ3) is 3.58. The third-order valence-corrected chi connectivity index (χ3v) is 4.29. The van der Waals surface area contributed by atoms with Gasteiger partial charge in [0.1, 0.15) is 0 Å². The normalized spacial score (nSPS) is 11.8. The van der Waals surface area contributed by atoms with Crippen LogP contribution in [-0.4, -0.2) is 16.1 Å². The van der Waals surface area contributed by atoms with E-state index in [1.807, 2.05) is 19.9 Å². The molecule has 1 heterocycles. The molecule has 0 saturated carbocycles. The lowest BCUT2D eigenvalue weighted by Gasteiger charge is -2.27. The molecule has 0 bridgehead atoms. The third-order valence-electron chi connectivity index (χ3n) is 4.29. The molecule has 0 amide bonds. The van der Waals surface area contributed by atoms with E-state index in [4.69, 9.17) is 0 Å². The van der Waals surface area contributed by atoms with E-state index >= 15 is 0 Å². The summed E-state index contributed by atoms with van der Waals surface area (Å²) in [5, 5.41) is 3.84. The van der Waals surface area contributed by atoms with Crippen LogP contribution in [0.3, 0.4) is 0 Å². The fourth-order valence-corrected chi connectivity index (χ4v) is 2.74. The van der Waals surface area contributed by atoms with Gasteiger partial charge in [-0.2, -0.15) is 0 Å². The number of rotatable bonds is 5. The summed E-state index contributed by atoms with van der Waals surface area (Å²) in [6, 6.07) is 11.0. The molecule has 0 fully saturated rings. The Morgan fingerprint density at radius 2 is 1.88 bits per heavy atom. The molecule has 0 aliphatic carbocycles. The fourth-order valence-electron chi connectivity index (χ4n) is 2.74. The van der Waals surface area contributed by atoms with Gasteiger partial charge in [0.15, 0.2) is 11.6 Å². The highest BCUT2D eigenvalue weighted by molar-refractivity contribution is 5.76. The number of nitrogens with one attached hydrogen (secondary N) is 1. The Bertz CT molecular complexity index is 966. The molecule has 4 nitrogen and oxygen atoms in total. The standard InChI is InChI=1S/C19H19F2N3O/c1-19(2,13-7-8-15(20)16(21)11-13)23-9-10-24-12-22-17-6-4-3-5-14(17)18(24)25/h3-8,11-12,23H,9-10H2,1-2H3. The van der Waals surface area contributed by atoms with E-state index in [-0.39, 0.29) is 5.56 Å². The van der Waals surface area contributed by atoms with Gasteiger partial charge in [0.2, 0.25) is 0 Å². The Morgan fingerprint density at radius 1 is 1.12 bits per heavy atom. The largest absolute Gasteiger partial charge is 0.306 e. The summed E-state index contributed by atoms with van der Waals surface area (Å²) in [6.07, 6.45) is 1.52. The van der Waals surface area contributed by atoms with Crippen LogP contribution in [0.5, 0.6) is 0 Å². The molecule has 0 saturated heterocycles. The molecular weight excluding hydrogens is 324 g/mol. The second-order valence-electron chi connectivity index (χ2n) is 6.44. The molecule has 2 aromatic carbocycles. The van der Waals surface area contributed by atoms with Crippen molar-refractivity contribution in [3.63, 3.8) is 0 Å². The van der Waals surface area contributed by atoms with Crippen LogP contribution in [0.15, 0.2) is 53.6 Å².